The highest BCUT2D eigenvalue weighted by Crippen LogP contribution is 2.13. The van der Waals surface area contributed by atoms with Crippen LogP contribution in [0.3, 0.4) is 0 Å². The van der Waals surface area contributed by atoms with Crippen molar-refractivity contribution in [1.82, 2.24) is 0 Å². The first kappa shape index (κ1) is 25.9. The Bertz CT molecular complexity index is 222. The van der Waals surface area contributed by atoms with Crippen LogP contribution in [0, 0.1) is 0 Å². The molecule has 0 bridgehead atoms. The summed E-state index contributed by atoms with van der Waals surface area (Å²) in [5, 5.41) is 0. The van der Waals surface area contributed by atoms with Crippen molar-refractivity contribution in [2.45, 2.75) is 143 Å². The fraction of sp³-hybridized carbons (Fsp3) is 1.00. The zero-order valence-corrected chi connectivity index (χ0v) is 18.5. The molecule has 0 atom stereocenters. The molecule has 0 radical (unpaired) electrons. The van der Waals surface area contributed by atoms with Crippen molar-refractivity contribution in [1.29, 1.82) is 0 Å². The van der Waals surface area contributed by atoms with Gasteiger partial charge in [0.15, 0.2) is 6.29 Å². The van der Waals surface area contributed by atoms with Gasteiger partial charge in [0.1, 0.15) is 0 Å². The molecule has 0 rings (SSSR count). The molecule has 0 aromatic heterocycles. The van der Waals surface area contributed by atoms with E-state index in [1.807, 2.05) is 0 Å². The smallest absolute Gasteiger partial charge is 0.157 e. The van der Waals surface area contributed by atoms with Gasteiger partial charge in [-0.1, -0.05) is 111 Å². The first-order valence-corrected chi connectivity index (χ1v) is 12.1. The van der Waals surface area contributed by atoms with Crippen molar-refractivity contribution in [2.75, 3.05) is 13.2 Å². The second-order valence-corrected chi connectivity index (χ2v) is 7.91. The molecule has 0 aliphatic carbocycles. The van der Waals surface area contributed by atoms with E-state index in [-0.39, 0.29) is 6.29 Å². The van der Waals surface area contributed by atoms with Crippen LogP contribution in [-0.4, -0.2) is 19.5 Å². The van der Waals surface area contributed by atoms with Crippen molar-refractivity contribution in [3.8, 4) is 0 Å². The molecule has 0 aliphatic heterocycles. The van der Waals surface area contributed by atoms with Gasteiger partial charge >= 0.3 is 0 Å². The van der Waals surface area contributed by atoms with Crippen molar-refractivity contribution in [2.24, 2.45) is 0 Å². The summed E-state index contributed by atoms with van der Waals surface area (Å²) in [6, 6.07) is 0. The quantitative estimate of drug-likeness (QED) is 0.141. The first-order chi connectivity index (χ1) is 12.8. The third-order valence-corrected chi connectivity index (χ3v) is 5.15. The average molecular weight is 371 g/mol. The summed E-state index contributed by atoms with van der Waals surface area (Å²) in [5.41, 5.74) is 0. The summed E-state index contributed by atoms with van der Waals surface area (Å²) in [5.74, 6) is 0. The molecule has 0 aromatic carbocycles. The second kappa shape index (κ2) is 23.0. The van der Waals surface area contributed by atoms with Gasteiger partial charge in [-0.2, -0.15) is 0 Å². The zero-order chi connectivity index (χ0) is 19.1. The van der Waals surface area contributed by atoms with Crippen molar-refractivity contribution >= 4 is 0 Å². The molecule has 0 heterocycles. The maximum absolute atomic E-state index is 6.05. The van der Waals surface area contributed by atoms with Crippen LogP contribution < -0.4 is 0 Å². The fourth-order valence-corrected chi connectivity index (χ4v) is 3.32. The van der Waals surface area contributed by atoms with Gasteiger partial charge in [0.2, 0.25) is 0 Å². The van der Waals surface area contributed by atoms with Gasteiger partial charge in [-0.25, -0.2) is 0 Å². The van der Waals surface area contributed by atoms with Crippen LogP contribution in [0.15, 0.2) is 0 Å². The number of unbranched alkanes of at least 4 members (excludes halogenated alkanes) is 14. The number of hydrogen-bond acceptors (Lipinski definition) is 2. The SMILES string of the molecule is CCCCCCCCCOC(CCCCC)OCCCCCCCCC. The van der Waals surface area contributed by atoms with Gasteiger partial charge in [0.25, 0.3) is 0 Å². The summed E-state index contributed by atoms with van der Waals surface area (Å²) in [6.07, 6.45) is 23.7. The molecule has 0 unspecified atom stereocenters. The van der Waals surface area contributed by atoms with Crippen molar-refractivity contribution < 1.29 is 9.47 Å². The first-order valence-electron chi connectivity index (χ1n) is 12.1. The largest absolute Gasteiger partial charge is 0.353 e. The molecule has 0 spiro atoms. The lowest BCUT2D eigenvalue weighted by Gasteiger charge is -2.19. The fourth-order valence-electron chi connectivity index (χ4n) is 3.32. The van der Waals surface area contributed by atoms with Crippen LogP contribution in [-0.2, 0) is 9.47 Å². The van der Waals surface area contributed by atoms with E-state index in [1.165, 1.54) is 109 Å². The van der Waals surface area contributed by atoms with E-state index in [0.717, 1.165) is 19.6 Å². The molecule has 0 aliphatic rings. The molecule has 2 nitrogen and oxygen atoms in total. The molecular weight excluding hydrogens is 320 g/mol. The Morgan fingerprint density at radius 1 is 0.423 bits per heavy atom. The van der Waals surface area contributed by atoms with Gasteiger partial charge in [-0.05, 0) is 25.7 Å². The molecule has 0 saturated heterocycles. The maximum atomic E-state index is 6.05. The Morgan fingerprint density at radius 3 is 1.19 bits per heavy atom. The van der Waals surface area contributed by atoms with E-state index >= 15 is 0 Å². The van der Waals surface area contributed by atoms with Gasteiger partial charge in [0.05, 0.1) is 0 Å². The number of rotatable bonds is 22. The Labute approximate surface area is 165 Å². The van der Waals surface area contributed by atoms with E-state index in [9.17, 15) is 0 Å². The Morgan fingerprint density at radius 2 is 0.769 bits per heavy atom. The molecule has 0 saturated carbocycles. The molecule has 0 N–H and O–H groups in total. The summed E-state index contributed by atoms with van der Waals surface area (Å²) < 4.78 is 12.1. The van der Waals surface area contributed by atoms with Gasteiger partial charge < -0.3 is 9.47 Å². The Balaban J connectivity index is 3.63. The molecule has 26 heavy (non-hydrogen) atoms. The zero-order valence-electron chi connectivity index (χ0n) is 18.5. The van der Waals surface area contributed by atoms with E-state index in [4.69, 9.17) is 9.47 Å². The van der Waals surface area contributed by atoms with Gasteiger partial charge in [0, 0.05) is 13.2 Å². The predicted molar refractivity (Wildman–Crippen MR) is 116 cm³/mol. The molecule has 0 amide bonds. The number of hydrogen-bond donors (Lipinski definition) is 0. The van der Waals surface area contributed by atoms with E-state index in [0.29, 0.717) is 0 Å². The third kappa shape index (κ3) is 20.2. The van der Waals surface area contributed by atoms with Crippen molar-refractivity contribution in [3.63, 3.8) is 0 Å². The standard InChI is InChI=1S/C24H50O2/c1-4-7-10-12-14-16-19-22-25-24(21-18-9-6-3)26-23-20-17-15-13-11-8-5-2/h24H,4-23H2,1-3H3. The third-order valence-electron chi connectivity index (χ3n) is 5.15. The van der Waals surface area contributed by atoms with Gasteiger partial charge in [-0.15, -0.1) is 0 Å². The lowest BCUT2D eigenvalue weighted by Crippen LogP contribution is -2.19. The summed E-state index contributed by atoms with van der Waals surface area (Å²) in [6.45, 7) is 8.56. The minimum atomic E-state index is 0.0433. The molecule has 2 heteroatoms. The molecule has 158 valence electrons. The highest BCUT2D eigenvalue weighted by atomic mass is 16.7. The topological polar surface area (TPSA) is 18.5 Å². The van der Waals surface area contributed by atoms with E-state index in [2.05, 4.69) is 20.8 Å². The molecule has 0 fully saturated rings. The van der Waals surface area contributed by atoms with Gasteiger partial charge in [-0.3, -0.25) is 0 Å². The second-order valence-electron chi connectivity index (χ2n) is 7.91. The summed E-state index contributed by atoms with van der Waals surface area (Å²) >= 11 is 0. The summed E-state index contributed by atoms with van der Waals surface area (Å²) in [4.78, 5) is 0. The summed E-state index contributed by atoms with van der Waals surface area (Å²) in [7, 11) is 0. The van der Waals surface area contributed by atoms with Crippen LogP contribution in [0.5, 0.6) is 0 Å². The lowest BCUT2D eigenvalue weighted by molar-refractivity contribution is -0.148. The average Bonchev–Trinajstić information content (AvgIpc) is 2.65. The van der Waals surface area contributed by atoms with Crippen LogP contribution in [0.2, 0.25) is 0 Å². The van der Waals surface area contributed by atoms with Crippen LogP contribution >= 0.6 is 0 Å². The Kier molecular flexibility index (Phi) is 22.9. The van der Waals surface area contributed by atoms with Crippen LogP contribution in [0.1, 0.15) is 136 Å². The van der Waals surface area contributed by atoms with E-state index in [1.54, 1.807) is 0 Å². The highest BCUT2D eigenvalue weighted by molar-refractivity contribution is 4.51. The minimum Gasteiger partial charge on any atom is -0.353 e. The van der Waals surface area contributed by atoms with Crippen LogP contribution in [0.4, 0.5) is 0 Å². The van der Waals surface area contributed by atoms with Crippen molar-refractivity contribution in [3.05, 3.63) is 0 Å². The Hall–Kier alpha value is -0.0800. The predicted octanol–water partition coefficient (Wildman–Crippen LogP) is 8.43. The molecule has 0 aromatic rings. The lowest BCUT2D eigenvalue weighted by atomic mass is 10.1. The molecular formula is C24H50O2. The monoisotopic (exact) mass is 370 g/mol. The maximum Gasteiger partial charge on any atom is 0.157 e. The normalized spacial score (nSPS) is 11.5. The minimum absolute atomic E-state index is 0.0433. The highest BCUT2D eigenvalue weighted by Gasteiger charge is 2.09. The number of ether oxygens (including phenoxy) is 2. The van der Waals surface area contributed by atoms with Crippen LogP contribution in [0.25, 0.3) is 0 Å². The van der Waals surface area contributed by atoms with E-state index < -0.39 is 0 Å².